The van der Waals surface area contributed by atoms with Crippen molar-refractivity contribution >= 4 is 0 Å². The van der Waals surface area contributed by atoms with E-state index in [-0.39, 0.29) is 13.2 Å². The number of fused-ring (bicyclic) bond motifs is 1. The molecule has 0 bridgehead atoms. The molecule has 2 N–H and O–H groups in total. The van der Waals surface area contributed by atoms with Crippen molar-refractivity contribution in [3.63, 3.8) is 0 Å². The molecule has 0 amide bonds. The van der Waals surface area contributed by atoms with E-state index in [2.05, 4.69) is 0 Å². The third-order valence-electron chi connectivity index (χ3n) is 4.06. The minimum atomic E-state index is -1.22. The summed E-state index contributed by atoms with van der Waals surface area (Å²) < 4.78 is 23.2. The topological polar surface area (TPSA) is 77.4 Å². The lowest BCUT2D eigenvalue weighted by molar-refractivity contribution is -0.258. The highest BCUT2D eigenvalue weighted by Gasteiger charge is 2.62. The third kappa shape index (κ3) is 2.78. The molecule has 2 fully saturated rings. The Hall–Kier alpha value is -1.02. The molecule has 2 saturated heterocycles. The number of aliphatic hydroxyl groups is 2. The zero-order chi connectivity index (χ0) is 15.8. The number of ether oxygens (including phenoxy) is 4. The van der Waals surface area contributed by atoms with Crippen LogP contribution in [0.2, 0.25) is 0 Å². The van der Waals surface area contributed by atoms with Crippen LogP contribution in [0.25, 0.3) is 0 Å². The predicted octanol–water partition coefficient (Wildman–Crippen LogP) is 0.803. The maximum atomic E-state index is 9.69. The van der Waals surface area contributed by atoms with Gasteiger partial charge in [-0.1, -0.05) is 30.3 Å². The van der Waals surface area contributed by atoms with Crippen LogP contribution in [0, 0.1) is 0 Å². The number of benzene rings is 1. The molecule has 0 radical (unpaired) electrons. The minimum Gasteiger partial charge on any atom is -0.393 e. The van der Waals surface area contributed by atoms with Crippen LogP contribution >= 0.6 is 0 Å². The molecule has 22 heavy (non-hydrogen) atoms. The van der Waals surface area contributed by atoms with Crippen molar-refractivity contribution in [1.29, 1.82) is 0 Å². The second-order valence-electron chi connectivity index (χ2n) is 6.18. The van der Waals surface area contributed by atoms with E-state index in [1.165, 1.54) is 0 Å². The lowest BCUT2D eigenvalue weighted by atomic mass is 9.97. The molecule has 2 aliphatic rings. The quantitative estimate of drug-likeness (QED) is 0.838. The van der Waals surface area contributed by atoms with Crippen molar-refractivity contribution in [2.45, 2.75) is 50.3 Å². The molecule has 1 aromatic carbocycles. The summed E-state index contributed by atoms with van der Waals surface area (Å²) in [4.78, 5) is 0. The van der Waals surface area contributed by atoms with E-state index < -0.39 is 29.9 Å². The molecular weight excluding hydrogens is 288 g/mol. The molecular formula is C16H22O6. The third-order valence-corrected chi connectivity index (χ3v) is 4.06. The molecule has 2 aliphatic heterocycles. The molecule has 6 heteroatoms. The highest BCUT2D eigenvalue weighted by molar-refractivity contribution is 5.14. The predicted molar refractivity (Wildman–Crippen MR) is 76.8 cm³/mol. The van der Waals surface area contributed by atoms with Crippen LogP contribution in [0.3, 0.4) is 0 Å². The van der Waals surface area contributed by atoms with Crippen molar-refractivity contribution in [2.24, 2.45) is 0 Å². The lowest BCUT2D eigenvalue weighted by Gasteiger charge is -2.33. The summed E-state index contributed by atoms with van der Waals surface area (Å²) in [5.74, 6) is -0.777. The average molecular weight is 310 g/mol. The molecule has 0 unspecified atom stereocenters. The van der Waals surface area contributed by atoms with E-state index in [0.29, 0.717) is 6.61 Å². The molecule has 6 nitrogen and oxygen atoms in total. The summed E-state index contributed by atoms with van der Waals surface area (Å²) in [7, 11) is 0. The first-order valence-corrected chi connectivity index (χ1v) is 7.40. The van der Waals surface area contributed by atoms with Gasteiger partial charge in [-0.2, -0.15) is 0 Å². The number of hydrogen-bond acceptors (Lipinski definition) is 6. The Morgan fingerprint density at radius 3 is 2.36 bits per heavy atom. The molecule has 0 aromatic heterocycles. The van der Waals surface area contributed by atoms with Crippen LogP contribution in [0.1, 0.15) is 19.4 Å². The highest BCUT2D eigenvalue weighted by atomic mass is 16.8. The Bertz CT molecular complexity index is 499. The van der Waals surface area contributed by atoms with E-state index in [1.54, 1.807) is 13.8 Å². The van der Waals surface area contributed by atoms with Crippen molar-refractivity contribution in [3.05, 3.63) is 35.9 Å². The van der Waals surface area contributed by atoms with Crippen LogP contribution in [-0.2, 0) is 25.6 Å². The molecule has 3 atom stereocenters. The van der Waals surface area contributed by atoms with Gasteiger partial charge in [0.1, 0.15) is 17.8 Å². The number of aliphatic hydroxyl groups excluding tert-OH is 2. The second kappa shape index (κ2) is 5.88. The molecule has 2 heterocycles. The van der Waals surface area contributed by atoms with Gasteiger partial charge in [0.25, 0.3) is 0 Å². The SMILES string of the molecule is CC1(C)O[C@@H]2OC(CO)(CO)[C@H](OCc3ccccc3)[C@H]2O1. The zero-order valence-corrected chi connectivity index (χ0v) is 12.8. The van der Waals surface area contributed by atoms with Gasteiger partial charge in [0, 0.05) is 0 Å². The van der Waals surface area contributed by atoms with E-state index >= 15 is 0 Å². The summed E-state index contributed by atoms with van der Waals surface area (Å²) in [6.07, 6.45) is -1.76. The van der Waals surface area contributed by atoms with Crippen LogP contribution in [0.5, 0.6) is 0 Å². The van der Waals surface area contributed by atoms with Crippen molar-refractivity contribution in [1.82, 2.24) is 0 Å². The largest absolute Gasteiger partial charge is 0.393 e. The fourth-order valence-electron chi connectivity index (χ4n) is 2.96. The Labute approximate surface area is 129 Å². The van der Waals surface area contributed by atoms with Crippen molar-refractivity contribution < 1.29 is 29.2 Å². The van der Waals surface area contributed by atoms with E-state index in [4.69, 9.17) is 18.9 Å². The fourth-order valence-corrected chi connectivity index (χ4v) is 2.96. The summed E-state index contributed by atoms with van der Waals surface area (Å²) in [6.45, 7) is 3.18. The first kappa shape index (κ1) is 15.9. The molecule has 122 valence electrons. The molecule has 1 aromatic rings. The van der Waals surface area contributed by atoms with Crippen LogP contribution in [0.4, 0.5) is 0 Å². The van der Waals surface area contributed by atoms with Gasteiger partial charge in [-0.25, -0.2) is 0 Å². The van der Waals surface area contributed by atoms with Gasteiger partial charge >= 0.3 is 0 Å². The first-order valence-electron chi connectivity index (χ1n) is 7.40. The smallest absolute Gasteiger partial charge is 0.190 e. The van der Waals surface area contributed by atoms with Crippen LogP contribution in [0.15, 0.2) is 30.3 Å². The van der Waals surface area contributed by atoms with Crippen LogP contribution in [-0.4, -0.2) is 53.3 Å². The average Bonchev–Trinajstić information content (AvgIpc) is 2.95. The van der Waals surface area contributed by atoms with Crippen molar-refractivity contribution in [3.8, 4) is 0 Å². The molecule has 0 aliphatic carbocycles. The Balaban J connectivity index is 1.77. The van der Waals surface area contributed by atoms with Gasteiger partial charge < -0.3 is 29.2 Å². The Kier molecular flexibility index (Phi) is 4.24. The number of rotatable bonds is 5. The van der Waals surface area contributed by atoms with Gasteiger partial charge in [0.05, 0.1) is 19.8 Å². The minimum absolute atomic E-state index is 0.337. The van der Waals surface area contributed by atoms with Crippen LogP contribution < -0.4 is 0 Å². The van der Waals surface area contributed by atoms with Gasteiger partial charge in [0.15, 0.2) is 12.1 Å². The lowest BCUT2D eigenvalue weighted by Crippen LogP contribution is -2.52. The Morgan fingerprint density at radius 2 is 1.73 bits per heavy atom. The monoisotopic (exact) mass is 310 g/mol. The maximum absolute atomic E-state index is 9.69. The summed E-state index contributed by atoms with van der Waals surface area (Å²) >= 11 is 0. The molecule has 0 saturated carbocycles. The Morgan fingerprint density at radius 1 is 1.05 bits per heavy atom. The summed E-state index contributed by atoms with van der Waals surface area (Å²) in [5, 5.41) is 19.4. The van der Waals surface area contributed by atoms with Crippen molar-refractivity contribution in [2.75, 3.05) is 13.2 Å². The van der Waals surface area contributed by atoms with Gasteiger partial charge in [-0.3, -0.25) is 0 Å². The van der Waals surface area contributed by atoms with Gasteiger partial charge in [-0.05, 0) is 19.4 Å². The van der Waals surface area contributed by atoms with E-state index in [9.17, 15) is 10.2 Å². The first-order chi connectivity index (χ1) is 10.5. The highest BCUT2D eigenvalue weighted by Crippen LogP contribution is 2.43. The number of hydrogen-bond donors (Lipinski definition) is 2. The zero-order valence-electron chi connectivity index (χ0n) is 12.8. The summed E-state index contributed by atoms with van der Waals surface area (Å²) in [5.41, 5.74) is -0.227. The van der Waals surface area contributed by atoms with E-state index in [0.717, 1.165) is 5.56 Å². The van der Waals surface area contributed by atoms with Gasteiger partial charge in [0.2, 0.25) is 0 Å². The molecule has 0 spiro atoms. The fraction of sp³-hybridized carbons (Fsp3) is 0.625. The standard InChI is InChI=1S/C16H22O6/c1-15(2)20-12-13(19-8-11-6-4-3-5-7-11)16(9-17,10-18)22-14(12)21-15/h3-7,12-14,17-18H,8-10H2,1-2H3/t12-,13-,14-/m1/s1. The summed E-state index contributed by atoms with van der Waals surface area (Å²) in [6, 6.07) is 9.68. The normalized spacial score (nSPS) is 32.1. The molecule has 3 rings (SSSR count). The second-order valence-corrected chi connectivity index (χ2v) is 6.18. The van der Waals surface area contributed by atoms with E-state index in [1.807, 2.05) is 30.3 Å². The van der Waals surface area contributed by atoms with Gasteiger partial charge in [-0.15, -0.1) is 0 Å². The maximum Gasteiger partial charge on any atom is 0.190 e.